The quantitative estimate of drug-likeness (QED) is 0.908. The van der Waals surface area contributed by atoms with Gasteiger partial charge in [0.1, 0.15) is 0 Å². The number of benzene rings is 1. The molecule has 0 radical (unpaired) electrons. The summed E-state index contributed by atoms with van der Waals surface area (Å²) in [5.41, 5.74) is 8.57. The maximum absolute atomic E-state index is 6.18. The number of ether oxygens (including phenoxy) is 2. The van der Waals surface area contributed by atoms with Crippen molar-refractivity contribution < 1.29 is 9.47 Å². The minimum Gasteiger partial charge on any atom is -0.376 e. The van der Waals surface area contributed by atoms with Crippen LogP contribution in [0.2, 0.25) is 0 Å². The number of rotatable bonds is 4. The highest BCUT2D eigenvalue weighted by atomic mass is 16.5. The molecule has 1 heterocycles. The van der Waals surface area contributed by atoms with Gasteiger partial charge in [0.15, 0.2) is 0 Å². The summed E-state index contributed by atoms with van der Waals surface area (Å²) < 4.78 is 11.7. The van der Waals surface area contributed by atoms with Gasteiger partial charge < -0.3 is 15.2 Å². The SMILES string of the molecule is Cc1ccc(C(N)COC2CC(C)OC(C)C2)cc1. The van der Waals surface area contributed by atoms with Crippen LogP contribution in [0.25, 0.3) is 0 Å². The first-order chi connectivity index (χ1) is 9.04. The normalized spacial score (nSPS) is 29.2. The van der Waals surface area contributed by atoms with Crippen LogP contribution in [0.4, 0.5) is 0 Å². The van der Waals surface area contributed by atoms with Crippen LogP contribution in [0, 0.1) is 6.92 Å². The van der Waals surface area contributed by atoms with E-state index in [1.54, 1.807) is 0 Å². The highest BCUT2D eigenvalue weighted by Gasteiger charge is 2.25. The van der Waals surface area contributed by atoms with Crippen molar-refractivity contribution in [2.24, 2.45) is 5.73 Å². The summed E-state index contributed by atoms with van der Waals surface area (Å²) in [5, 5.41) is 0. The van der Waals surface area contributed by atoms with Crippen molar-refractivity contribution in [2.45, 2.75) is 58.0 Å². The zero-order valence-corrected chi connectivity index (χ0v) is 12.1. The molecule has 0 bridgehead atoms. The summed E-state index contributed by atoms with van der Waals surface area (Å²) in [6.45, 7) is 6.86. The molecule has 2 rings (SSSR count). The molecule has 1 aromatic carbocycles. The number of hydrogen-bond donors (Lipinski definition) is 1. The lowest BCUT2D eigenvalue weighted by atomic mass is 10.0. The Bertz CT molecular complexity index is 380. The number of hydrogen-bond acceptors (Lipinski definition) is 3. The molecule has 0 amide bonds. The van der Waals surface area contributed by atoms with E-state index in [0.29, 0.717) is 6.61 Å². The summed E-state index contributed by atoms with van der Waals surface area (Å²) in [6.07, 6.45) is 2.76. The van der Waals surface area contributed by atoms with Gasteiger partial charge in [-0.1, -0.05) is 29.8 Å². The number of nitrogens with two attached hydrogens (primary N) is 1. The minimum atomic E-state index is -0.0472. The van der Waals surface area contributed by atoms with E-state index in [-0.39, 0.29) is 24.4 Å². The lowest BCUT2D eigenvalue weighted by Gasteiger charge is -2.32. The molecular weight excluding hydrogens is 238 g/mol. The van der Waals surface area contributed by atoms with E-state index >= 15 is 0 Å². The third kappa shape index (κ3) is 4.30. The van der Waals surface area contributed by atoms with Gasteiger partial charge in [-0.15, -0.1) is 0 Å². The second kappa shape index (κ2) is 6.51. The van der Waals surface area contributed by atoms with Gasteiger partial charge in [-0.05, 0) is 39.2 Å². The van der Waals surface area contributed by atoms with Crippen LogP contribution < -0.4 is 5.73 Å². The summed E-state index contributed by atoms with van der Waals surface area (Å²) in [7, 11) is 0. The zero-order chi connectivity index (χ0) is 13.8. The zero-order valence-electron chi connectivity index (χ0n) is 12.1. The highest BCUT2D eigenvalue weighted by Crippen LogP contribution is 2.23. The predicted molar refractivity (Wildman–Crippen MR) is 77.1 cm³/mol. The maximum atomic E-state index is 6.18. The van der Waals surface area contributed by atoms with Crippen molar-refractivity contribution >= 4 is 0 Å². The molecular formula is C16H25NO2. The van der Waals surface area contributed by atoms with Crippen molar-refractivity contribution in [1.29, 1.82) is 0 Å². The molecule has 0 spiro atoms. The first-order valence-electron chi connectivity index (χ1n) is 7.14. The first-order valence-corrected chi connectivity index (χ1v) is 7.14. The van der Waals surface area contributed by atoms with E-state index in [1.165, 1.54) is 5.56 Å². The lowest BCUT2D eigenvalue weighted by molar-refractivity contribution is -0.103. The molecule has 106 valence electrons. The van der Waals surface area contributed by atoms with Gasteiger partial charge in [0.2, 0.25) is 0 Å². The second-order valence-corrected chi connectivity index (χ2v) is 5.70. The average molecular weight is 263 g/mol. The fourth-order valence-electron chi connectivity index (χ4n) is 2.63. The van der Waals surface area contributed by atoms with Crippen LogP contribution in [-0.2, 0) is 9.47 Å². The van der Waals surface area contributed by atoms with Gasteiger partial charge in [0.25, 0.3) is 0 Å². The van der Waals surface area contributed by atoms with Gasteiger partial charge in [0.05, 0.1) is 31.0 Å². The molecule has 0 aliphatic carbocycles. The Morgan fingerprint density at radius 3 is 2.37 bits per heavy atom. The van der Waals surface area contributed by atoms with Crippen LogP contribution in [0.3, 0.4) is 0 Å². The topological polar surface area (TPSA) is 44.5 Å². The van der Waals surface area contributed by atoms with E-state index < -0.39 is 0 Å². The Balaban J connectivity index is 1.83. The van der Waals surface area contributed by atoms with Crippen molar-refractivity contribution in [3.63, 3.8) is 0 Å². The molecule has 19 heavy (non-hydrogen) atoms. The van der Waals surface area contributed by atoms with E-state index in [9.17, 15) is 0 Å². The molecule has 1 aromatic rings. The summed E-state index contributed by atoms with van der Waals surface area (Å²) in [5.74, 6) is 0. The molecule has 1 fully saturated rings. The molecule has 1 aliphatic rings. The maximum Gasteiger partial charge on any atom is 0.0663 e. The van der Waals surface area contributed by atoms with Crippen LogP contribution in [0.1, 0.15) is 43.9 Å². The summed E-state index contributed by atoms with van der Waals surface area (Å²) in [4.78, 5) is 0. The summed E-state index contributed by atoms with van der Waals surface area (Å²) >= 11 is 0. The largest absolute Gasteiger partial charge is 0.376 e. The van der Waals surface area contributed by atoms with E-state index in [1.807, 2.05) is 0 Å². The molecule has 1 aliphatic heterocycles. The standard InChI is InChI=1S/C16H25NO2/c1-11-4-6-14(7-5-11)16(17)10-18-15-8-12(2)19-13(3)9-15/h4-7,12-13,15-16H,8-10,17H2,1-3H3. The molecule has 3 nitrogen and oxygen atoms in total. The van der Waals surface area contributed by atoms with Gasteiger partial charge in [0, 0.05) is 0 Å². The molecule has 0 saturated carbocycles. The monoisotopic (exact) mass is 263 g/mol. The molecule has 2 N–H and O–H groups in total. The molecule has 1 saturated heterocycles. The predicted octanol–water partition coefficient (Wildman–Crippen LogP) is 2.97. The fourth-order valence-corrected chi connectivity index (χ4v) is 2.63. The van der Waals surface area contributed by atoms with E-state index in [4.69, 9.17) is 15.2 Å². The molecule has 3 unspecified atom stereocenters. The Morgan fingerprint density at radius 1 is 1.21 bits per heavy atom. The van der Waals surface area contributed by atoms with Crippen LogP contribution in [-0.4, -0.2) is 24.9 Å². The average Bonchev–Trinajstić information content (AvgIpc) is 2.36. The first kappa shape index (κ1) is 14.5. The Hall–Kier alpha value is -0.900. The third-order valence-electron chi connectivity index (χ3n) is 3.67. The van der Waals surface area contributed by atoms with Gasteiger partial charge >= 0.3 is 0 Å². The lowest BCUT2D eigenvalue weighted by Crippen LogP contribution is -2.35. The third-order valence-corrected chi connectivity index (χ3v) is 3.67. The van der Waals surface area contributed by atoms with Crippen molar-refractivity contribution in [2.75, 3.05) is 6.61 Å². The van der Waals surface area contributed by atoms with Crippen molar-refractivity contribution in [1.82, 2.24) is 0 Å². The van der Waals surface area contributed by atoms with E-state index in [0.717, 1.165) is 18.4 Å². The molecule has 3 heteroatoms. The molecule has 3 atom stereocenters. The Kier molecular flexibility index (Phi) is 4.97. The second-order valence-electron chi connectivity index (χ2n) is 5.70. The minimum absolute atomic E-state index is 0.0472. The Morgan fingerprint density at radius 2 is 1.79 bits per heavy atom. The van der Waals surface area contributed by atoms with Gasteiger partial charge in [-0.3, -0.25) is 0 Å². The van der Waals surface area contributed by atoms with Crippen molar-refractivity contribution in [3.05, 3.63) is 35.4 Å². The van der Waals surface area contributed by atoms with Crippen LogP contribution in [0.15, 0.2) is 24.3 Å². The van der Waals surface area contributed by atoms with Crippen LogP contribution in [0.5, 0.6) is 0 Å². The molecule has 0 aromatic heterocycles. The van der Waals surface area contributed by atoms with Crippen LogP contribution >= 0.6 is 0 Å². The fraction of sp³-hybridized carbons (Fsp3) is 0.625. The smallest absolute Gasteiger partial charge is 0.0663 e. The van der Waals surface area contributed by atoms with Crippen molar-refractivity contribution in [3.8, 4) is 0 Å². The van der Waals surface area contributed by atoms with Gasteiger partial charge in [-0.25, -0.2) is 0 Å². The summed E-state index contributed by atoms with van der Waals surface area (Å²) in [6, 6.07) is 8.30. The highest BCUT2D eigenvalue weighted by molar-refractivity contribution is 5.23. The Labute approximate surface area is 116 Å². The van der Waals surface area contributed by atoms with E-state index in [2.05, 4.69) is 45.0 Å². The van der Waals surface area contributed by atoms with Gasteiger partial charge in [-0.2, -0.15) is 0 Å². The number of aryl methyl sites for hydroxylation is 1.